The summed E-state index contributed by atoms with van der Waals surface area (Å²) in [4.78, 5) is 7.61. The van der Waals surface area contributed by atoms with Gasteiger partial charge in [-0.2, -0.15) is 30.9 Å². The van der Waals surface area contributed by atoms with Gasteiger partial charge in [-0.05, 0) is 35.6 Å². The van der Waals surface area contributed by atoms with Crippen LogP contribution in [0.25, 0.3) is 5.65 Å². The fraction of sp³-hybridized carbons (Fsp3) is 0.474. The molecule has 0 amide bonds. The van der Waals surface area contributed by atoms with Crippen molar-refractivity contribution in [3.05, 3.63) is 47.5 Å². The van der Waals surface area contributed by atoms with Gasteiger partial charge in [-0.1, -0.05) is 6.07 Å². The largest absolute Gasteiger partial charge is 0.453 e. The number of rotatable bonds is 3. The van der Waals surface area contributed by atoms with E-state index in [1.165, 1.54) is 18.3 Å². The minimum absolute atomic E-state index is 0.0248. The monoisotopic (exact) mass is 457 g/mol. The molecule has 32 heavy (non-hydrogen) atoms. The van der Waals surface area contributed by atoms with Crippen molar-refractivity contribution < 1.29 is 26.3 Å². The minimum atomic E-state index is -4.65. The lowest BCUT2D eigenvalue weighted by Gasteiger charge is -2.22. The summed E-state index contributed by atoms with van der Waals surface area (Å²) in [5, 5.41) is 10.8. The molecule has 3 aromatic rings. The van der Waals surface area contributed by atoms with Crippen molar-refractivity contribution in [2.24, 2.45) is 11.8 Å². The van der Waals surface area contributed by atoms with Crippen LogP contribution in [0.2, 0.25) is 0 Å². The van der Waals surface area contributed by atoms with E-state index in [9.17, 15) is 26.3 Å². The molecule has 2 fully saturated rings. The van der Waals surface area contributed by atoms with Crippen LogP contribution < -0.4 is 4.90 Å². The third kappa shape index (κ3) is 3.85. The van der Waals surface area contributed by atoms with Crippen LogP contribution in [-0.2, 0) is 18.9 Å². The number of alkyl halides is 6. The van der Waals surface area contributed by atoms with Crippen LogP contribution in [0.5, 0.6) is 0 Å². The Morgan fingerprint density at radius 1 is 0.844 bits per heavy atom. The first-order chi connectivity index (χ1) is 15.1. The first-order valence-electron chi connectivity index (χ1n) is 9.87. The van der Waals surface area contributed by atoms with Gasteiger partial charge in [-0.15, -0.1) is 15.3 Å². The molecule has 2 atom stereocenters. The maximum atomic E-state index is 13.1. The summed E-state index contributed by atoms with van der Waals surface area (Å²) in [6, 6.07) is 5.52. The summed E-state index contributed by atoms with van der Waals surface area (Å²) >= 11 is 0. The molecule has 0 radical (unpaired) electrons. The van der Waals surface area contributed by atoms with E-state index >= 15 is 0 Å². The molecule has 0 bridgehead atoms. The average Bonchev–Trinajstić information content (AvgIpc) is 3.39. The zero-order valence-electron chi connectivity index (χ0n) is 16.5. The van der Waals surface area contributed by atoms with Crippen molar-refractivity contribution >= 4 is 11.5 Å². The Labute approximate surface area is 177 Å². The third-order valence-corrected chi connectivity index (χ3v) is 5.91. The molecular formula is C19H17F6N7. The number of pyridine rings is 1. The predicted octanol–water partition coefficient (Wildman–Crippen LogP) is 3.13. The van der Waals surface area contributed by atoms with Gasteiger partial charge in [-0.25, -0.2) is 0 Å². The molecule has 5 heterocycles. The smallest absolute Gasteiger partial charge is 0.355 e. The lowest BCUT2D eigenvalue weighted by Crippen LogP contribution is -2.29. The highest BCUT2D eigenvalue weighted by molar-refractivity contribution is 5.47. The maximum Gasteiger partial charge on any atom is 0.453 e. The molecule has 3 aromatic heterocycles. The van der Waals surface area contributed by atoms with Gasteiger partial charge in [0.15, 0.2) is 5.65 Å². The second kappa shape index (κ2) is 7.29. The van der Waals surface area contributed by atoms with Gasteiger partial charge in [0, 0.05) is 38.9 Å². The van der Waals surface area contributed by atoms with Crippen molar-refractivity contribution in [1.29, 1.82) is 0 Å². The standard InChI is InChI=1S/C19H17F6N7/c20-18(21,22)14-2-1-11(5-26-14)6-30-7-12-9-31(10-13(12)8-30)16-4-3-15-27-28-17(19(23,24)25)32(15)29-16/h1-5,12-13H,6-10H2. The minimum Gasteiger partial charge on any atom is -0.355 e. The lowest BCUT2D eigenvalue weighted by atomic mass is 10.0. The molecule has 7 nitrogen and oxygen atoms in total. The summed E-state index contributed by atoms with van der Waals surface area (Å²) in [5.41, 5.74) is -0.188. The van der Waals surface area contributed by atoms with E-state index in [1.54, 1.807) is 6.07 Å². The summed E-state index contributed by atoms with van der Waals surface area (Å²) < 4.78 is 78.0. The number of hydrogen-bond acceptors (Lipinski definition) is 6. The first-order valence-corrected chi connectivity index (χ1v) is 9.87. The van der Waals surface area contributed by atoms with Crippen molar-refractivity contribution in [2.45, 2.75) is 18.9 Å². The van der Waals surface area contributed by atoms with E-state index < -0.39 is 23.9 Å². The van der Waals surface area contributed by atoms with Crippen LogP contribution in [-0.4, -0.2) is 55.9 Å². The van der Waals surface area contributed by atoms with E-state index in [2.05, 4.69) is 25.2 Å². The van der Waals surface area contributed by atoms with Gasteiger partial charge in [0.1, 0.15) is 11.5 Å². The van der Waals surface area contributed by atoms with Gasteiger partial charge in [-0.3, -0.25) is 9.88 Å². The van der Waals surface area contributed by atoms with Crippen LogP contribution in [0.3, 0.4) is 0 Å². The van der Waals surface area contributed by atoms with Gasteiger partial charge in [0.2, 0.25) is 0 Å². The summed E-state index contributed by atoms with van der Waals surface area (Å²) in [7, 11) is 0. The van der Waals surface area contributed by atoms with Crippen LogP contribution in [0, 0.1) is 11.8 Å². The highest BCUT2D eigenvalue weighted by atomic mass is 19.4. The van der Waals surface area contributed by atoms with Crippen molar-refractivity contribution in [3.63, 3.8) is 0 Å². The molecule has 2 aliphatic heterocycles. The highest BCUT2D eigenvalue weighted by Gasteiger charge is 2.41. The van der Waals surface area contributed by atoms with E-state index in [-0.39, 0.29) is 17.5 Å². The third-order valence-electron chi connectivity index (χ3n) is 5.91. The van der Waals surface area contributed by atoms with Crippen LogP contribution in [0.15, 0.2) is 30.5 Å². The van der Waals surface area contributed by atoms with Crippen molar-refractivity contribution in [3.8, 4) is 0 Å². The molecule has 170 valence electrons. The fourth-order valence-electron chi connectivity index (χ4n) is 4.47. The molecular weight excluding hydrogens is 440 g/mol. The number of halogens is 6. The molecule has 0 N–H and O–H groups in total. The number of nitrogens with zero attached hydrogens (tertiary/aromatic N) is 7. The Morgan fingerprint density at radius 2 is 1.56 bits per heavy atom. The Kier molecular flexibility index (Phi) is 4.76. The molecule has 2 saturated heterocycles. The predicted molar refractivity (Wildman–Crippen MR) is 99.5 cm³/mol. The second-order valence-corrected chi connectivity index (χ2v) is 8.15. The van der Waals surface area contributed by atoms with Gasteiger partial charge in [0.25, 0.3) is 5.82 Å². The SMILES string of the molecule is FC(F)(F)c1ccc(CN2CC3CN(c4ccc5nnc(C(F)(F)F)n5n4)CC3C2)cn1. The Balaban J connectivity index is 1.24. The van der Waals surface area contributed by atoms with Gasteiger partial charge >= 0.3 is 12.4 Å². The van der Waals surface area contributed by atoms with Crippen molar-refractivity contribution in [2.75, 3.05) is 31.1 Å². The Hall–Kier alpha value is -2.96. The zero-order valence-corrected chi connectivity index (χ0v) is 16.5. The van der Waals surface area contributed by atoms with E-state index in [0.717, 1.165) is 19.2 Å². The molecule has 0 aromatic carbocycles. The fourth-order valence-corrected chi connectivity index (χ4v) is 4.47. The number of aromatic nitrogens is 5. The molecule has 2 aliphatic rings. The Morgan fingerprint density at radius 3 is 2.16 bits per heavy atom. The van der Waals surface area contributed by atoms with Crippen LogP contribution in [0.4, 0.5) is 32.2 Å². The molecule has 0 spiro atoms. The van der Waals surface area contributed by atoms with E-state index in [1.807, 2.05) is 4.90 Å². The average molecular weight is 457 g/mol. The number of anilines is 1. The lowest BCUT2D eigenvalue weighted by molar-refractivity contribution is -0.146. The summed E-state index contributed by atoms with van der Waals surface area (Å²) in [5.74, 6) is -0.156. The van der Waals surface area contributed by atoms with Gasteiger partial charge in [0.05, 0.1) is 0 Å². The van der Waals surface area contributed by atoms with E-state index in [0.29, 0.717) is 35.5 Å². The van der Waals surface area contributed by atoms with Crippen molar-refractivity contribution in [1.82, 2.24) is 29.7 Å². The molecule has 13 heteroatoms. The van der Waals surface area contributed by atoms with Crippen LogP contribution in [0.1, 0.15) is 17.1 Å². The quantitative estimate of drug-likeness (QED) is 0.564. The normalized spacial score (nSPS) is 22.1. The molecule has 2 unspecified atom stereocenters. The molecule has 0 saturated carbocycles. The number of fused-ring (bicyclic) bond motifs is 2. The Bertz CT molecular complexity index is 1110. The topological polar surface area (TPSA) is 62.5 Å². The highest BCUT2D eigenvalue weighted by Crippen LogP contribution is 2.35. The summed E-state index contributed by atoms with van der Waals surface area (Å²) in [6.45, 7) is 3.25. The molecule has 5 rings (SSSR count). The van der Waals surface area contributed by atoms with E-state index in [4.69, 9.17) is 0 Å². The zero-order chi connectivity index (χ0) is 22.7. The number of hydrogen-bond donors (Lipinski definition) is 0. The second-order valence-electron chi connectivity index (χ2n) is 8.15. The molecule has 0 aliphatic carbocycles. The first kappa shape index (κ1) is 20.9. The number of likely N-dealkylation sites (tertiary alicyclic amines) is 1. The van der Waals surface area contributed by atoms with Gasteiger partial charge < -0.3 is 4.90 Å². The maximum absolute atomic E-state index is 13.1. The summed E-state index contributed by atoms with van der Waals surface area (Å²) in [6.07, 6.45) is -7.86. The van der Waals surface area contributed by atoms with Crippen LogP contribution >= 0.6 is 0 Å².